The van der Waals surface area contributed by atoms with Crippen molar-refractivity contribution >= 4 is 0 Å². The van der Waals surface area contributed by atoms with Crippen LogP contribution in [0.2, 0.25) is 0 Å². The second-order valence-corrected chi connectivity index (χ2v) is 4.29. The molecule has 0 aliphatic heterocycles. The zero-order valence-corrected chi connectivity index (χ0v) is 11.8. The van der Waals surface area contributed by atoms with Gasteiger partial charge in [0.2, 0.25) is 0 Å². The molecule has 4 nitrogen and oxygen atoms in total. The molecular weight excluding hydrogens is 218 g/mol. The highest BCUT2D eigenvalue weighted by atomic mass is 16.5. The molecule has 4 heteroatoms. The number of nitrogens with one attached hydrogen (secondary N) is 1. The van der Waals surface area contributed by atoms with Gasteiger partial charge in [-0.3, -0.25) is 0 Å². The van der Waals surface area contributed by atoms with Crippen molar-refractivity contribution in [3.8, 4) is 0 Å². The number of methoxy groups -OCH3 is 1. The van der Waals surface area contributed by atoms with Crippen LogP contribution >= 0.6 is 0 Å². The Labute approximate surface area is 106 Å². The van der Waals surface area contributed by atoms with Crippen LogP contribution in [0.1, 0.15) is 26.7 Å². The van der Waals surface area contributed by atoms with Gasteiger partial charge in [0.25, 0.3) is 0 Å². The summed E-state index contributed by atoms with van der Waals surface area (Å²) in [6, 6.07) is 0.594. The Morgan fingerprint density at radius 3 is 2.12 bits per heavy atom. The van der Waals surface area contributed by atoms with E-state index < -0.39 is 0 Å². The molecule has 0 amide bonds. The molecule has 2 atom stereocenters. The SMILES string of the molecule is CCC(NC)C(C)CCOCCOCCOC. The normalized spacial score (nSPS) is 14.8. The lowest BCUT2D eigenvalue weighted by Gasteiger charge is -2.21. The minimum atomic E-state index is 0.594. The van der Waals surface area contributed by atoms with Gasteiger partial charge < -0.3 is 19.5 Å². The van der Waals surface area contributed by atoms with Crippen molar-refractivity contribution < 1.29 is 14.2 Å². The summed E-state index contributed by atoms with van der Waals surface area (Å²) < 4.78 is 15.7. The van der Waals surface area contributed by atoms with Crippen molar-refractivity contribution in [2.75, 3.05) is 47.2 Å². The van der Waals surface area contributed by atoms with E-state index in [9.17, 15) is 0 Å². The van der Waals surface area contributed by atoms with E-state index in [0.717, 1.165) is 19.4 Å². The molecule has 0 aromatic rings. The summed E-state index contributed by atoms with van der Waals surface area (Å²) in [7, 11) is 3.70. The first-order chi connectivity index (χ1) is 8.26. The summed E-state index contributed by atoms with van der Waals surface area (Å²) in [6.07, 6.45) is 2.26. The molecule has 0 bridgehead atoms. The monoisotopic (exact) mass is 247 g/mol. The lowest BCUT2D eigenvalue weighted by atomic mass is 9.97. The van der Waals surface area contributed by atoms with E-state index >= 15 is 0 Å². The van der Waals surface area contributed by atoms with Gasteiger partial charge in [-0.15, -0.1) is 0 Å². The van der Waals surface area contributed by atoms with Gasteiger partial charge in [-0.25, -0.2) is 0 Å². The molecule has 0 aromatic heterocycles. The van der Waals surface area contributed by atoms with Gasteiger partial charge in [-0.05, 0) is 25.8 Å². The highest BCUT2D eigenvalue weighted by Gasteiger charge is 2.12. The third-order valence-electron chi connectivity index (χ3n) is 3.02. The molecule has 0 saturated heterocycles. The molecule has 2 unspecified atom stereocenters. The van der Waals surface area contributed by atoms with Gasteiger partial charge >= 0.3 is 0 Å². The zero-order valence-electron chi connectivity index (χ0n) is 11.8. The molecule has 0 aromatic carbocycles. The third kappa shape index (κ3) is 9.53. The third-order valence-corrected chi connectivity index (χ3v) is 3.02. The van der Waals surface area contributed by atoms with E-state index in [1.807, 2.05) is 7.05 Å². The fraction of sp³-hybridized carbons (Fsp3) is 1.00. The number of hydrogen-bond acceptors (Lipinski definition) is 4. The van der Waals surface area contributed by atoms with Gasteiger partial charge in [-0.1, -0.05) is 13.8 Å². The van der Waals surface area contributed by atoms with Crippen molar-refractivity contribution in [1.29, 1.82) is 0 Å². The molecule has 0 spiro atoms. The van der Waals surface area contributed by atoms with Crippen molar-refractivity contribution in [2.45, 2.75) is 32.7 Å². The van der Waals surface area contributed by atoms with Crippen LogP contribution in [0.25, 0.3) is 0 Å². The minimum absolute atomic E-state index is 0.594. The summed E-state index contributed by atoms with van der Waals surface area (Å²) in [5.41, 5.74) is 0. The first-order valence-electron chi connectivity index (χ1n) is 6.57. The Morgan fingerprint density at radius 2 is 1.59 bits per heavy atom. The maximum Gasteiger partial charge on any atom is 0.0701 e. The molecule has 0 aliphatic rings. The molecule has 0 radical (unpaired) electrons. The Hall–Kier alpha value is -0.160. The number of ether oxygens (including phenoxy) is 3. The smallest absolute Gasteiger partial charge is 0.0701 e. The summed E-state index contributed by atoms with van der Waals surface area (Å²) >= 11 is 0. The second-order valence-electron chi connectivity index (χ2n) is 4.29. The molecule has 0 heterocycles. The summed E-state index contributed by atoms with van der Waals surface area (Å²) in [5.74, 6) is 0.652. The lowest BCUT2D eigenvalue weighted by Crippen LogP contribution is -2.32. The Bertz CT molecular complexity index is 152. The predicted molar refractivity (Wildman–Crippen MR) is 70.4 cm³/mol. The average molecular weight is 247 g/mol. The van der Waals surface area contributed by atoms with Crippen molar-refractivity contribution in [1.82, 2.24) is 5.32 Å². The van der Waals surface area contributed by atoms with E-state index in [4.69, 9.17) is 14.2 Å². The van der Waals surface area contributed by atoms with Gasteiger partial charge in [0, 0.05) is 19.8 Å². The molecule has 0 saturated carbocycles. The molecular formula is C13H29NO3. The van der Waals surface area contributed by atoms with Crippen LogP contribution in [0, 0.1) is 5.92 Å². The van der Waals surface area contributed by atoms with Crippen molar-refractivity contribution in [2.24, 2.45) is 5.92 Å². The van der Waals surface area contributed by atoms with Crippen LogP contribution in [0.3, 0.4) is 0 Å². The quantitative estimate of drug-likeness (QED) is 0.533. The van der Waals surface area contributed by atoms with Crippen LogP contribution in [0.4, 0.5) is 0 Å². The summed E-state index contributed by atoms with van der Waals surface area (Å²) in [5, 5.41) is 3.33. The Balaban J connectivity index is 3.27. The molecule has 104 valence electrons. The summed E-state index contributed by atoms with van der Waals surface area (Å²) in [4.78, 5) is 0. The Morgan fingerprint density at radius 1 is 1.00 bits per heavy atom. The standard InChI is InChI=1S/C13H29NO3/c1-5-13(14-3)12(2)6-7-16-10-11-17-9-8-15-4/h12-14H,5-11H2,1-4H3. The predicted octanol–water partition coefficient (Wildman–Crippen LogP) is 1.69. The Kier molecular flexibility index (Phi) is 12.2. The van der Waals surface area contributed by atoms with Crippen molar-refractivity contribution in [3.63, 3.8) is 0 Å². The average Bonchev–Trinajstić information content (AvgIpc) is 2.34. The van der Waals surface area contributed by atoms with Crippen LogP contribution in [-0.4, -0.2) is 53.2 Å². The van der Waals surface area contributed by atoms with E-state index in [0.29, 0.717) is 38.4 Å². The van der Waals surface area contributed by atoms with Crippen LogP contribution in [0.5, 0.6) is 0 Å². The zero-order chi connectivity index (χ0) is 12.9. The highest BCUT2D eigenvalue weighted by molar-refractivity contribution is 4.69. The van der Waals surface area contributed by atoms with E-state index in [1.54, 1.807) is 7.11 Å². The highest BCUT2D eigenvalue weighted by Crippen LogP contribution is 2.10. The fourth-order valence-electron chi connectivity index (χ4n) is 1.83. The molecule has 0 rings (SSSR count). The molecule has 0 fully saturated rings. The van der Waals surface area contributed by atoms with E-state index in [-0.39, 0.29) is 0 Å². The first kappa shape index (κ1) is 16.8. The van der Waals surface area contributed by atoms with Crippen LogP contribution < -0.4 is 5.32 Å². The lowest BCUT2D eigenvalue weighted by molar-refractivity contribution is 0.0214. The van der Waals surface area contributed by atoms with E-state index in [2.05, 4.69) is 19.2 Å². The first-order valence-corrected chi connectivity index (χ1v) is 6.57. The van der Waals surface area contributed by atoms with Gasteiger partial charge in [-0.2, -0.15) is 0 Å². The number of rotatable bonds is 12. The topological polar surface area (TPSA) is 39.7 Å². The van der Waals surface area contributed by atoms with E-state index in [1.165, 1.54) is 0 Å². The van der Waals surface area contributed by atoms with Gasteiger partial charge in [0.05, 0.1) is 26.4 Å². The van der Waals surface area contributed by atoms with Crippen molar-refractivity contribution in [3.05, 3.63) is 0 Å². The number of hydrogen-bond donors (Lipinski definition) is 1. The molecule has 1 N–H and O–H groups in total. The second kappa shape index (κ2) is 12.3. The summed E-state index contributed by atoms with van der Waals surface area (Å²) in [6.45, 7) is 7.91. The maximum absolute atomic E-state index is 5.53. The minimum Gasteiger partial charge on any atom is -0.382 e. The van der Waals surface area contributed by atoms with Gasteiger partial charge in [0.1, 0.15) is 0 Å². The molecule has 17 heavy (non-hydrogen) atoms. The maximum atomic E-state index is 5.53. The fourth-order valence-corrected chi connectivity index (χ4v) is 1.83. The largest absolute Gasteiger partial charge is 0.382 e. The van der Waals surface area contributed by atoms with Crippen LogP contribution in [-0.2, 0) is 14.2 Å². The molecule has 0 aliphatic carbocycles. The van der Waals surface area contributed by atoms with Crippen LogP contribution in [0.15, 0.2) is 0 Å². The van der Waals surface area contributed by atoms with Gasteiger partial charge in [0.15, 0.2) is 0 Å².